The molecule has 0 radical (unpaired) electrons. The highest BCUT2D eigenvalue weighted by molar-refractivity contribution is 7.90. The van der Waals surface area contributed by atoms with E-state index in [-0.39, 0.29) is 4.90 Å². The van der Waals surface area contributed by atoms with Crippen LogP contribution in [0.2, 0.25) is 5.02 Å². The highest BCUT2D eigenvalue weighted by Crippen LogP contribution is 2.39. The maximum atomic E-state index is 13.1. The van der Waals surface area contributed by atoms with Crippen LogP contribution in [0.25, 0.3) is 33.1 Å². The molecule has 5 rings (SSSR count). The van der Waals surface area contributed by atoms with Crippen molar-refractivity contribution in [2.45, 2.75) is 11.8 Å². The molecule has 5 nitrogen and oxygen atoms in total. The van der Waals surface area contributed by atoms with Crippen molar-refractivity contribution in [3.8, 4) is 11.3 Å². The number of aromatic amines is 1. The molecule has 0 aliphatic heterocycles. The summed E-state index contributed by atoms with van der Waals surface area (Å²) in [5, 5.41) is 6.19. The number of rotatable bonds is 3. The number of hydrogen-bond acceptors (Lipinski definition) is 3. The standard InChI is InChI=1S/C22H16ClN3O2S/c1-14-7-5-6-10-16(14)22-21(23)20-17-13-24-26(19(17)12-11-18(20)25-22)29(27,28)15-8-3-2-4-9-15/h2-13,25H,1H3. The first kappa shape index (κ1) is 18.0. The Hall–Kier alpha value is -3.09. The second-order valence-electron chi connectivity index (χ2n) is 6.86. The maximum Gasteiger partial charge on any atom is 0.283 e. The molecule has 2 heterocycles. The Morgan fingerprint density at radius 1 is 0.966 bits per heavy atom. The van der Waals surface area contributed by atoms with E-state index in [4.69, 9.17) is 11.6 Å². The monoisotopic (exact) mass is 421 g/mol. The number of aryl methyl sites for hydroxylation is 1. The Kier molecular flexibility index (Phi) is 4.01. The summed E-state index contributed by atoms with van der Waals surface area (Å²) in [6, 6.07) is 19.8. The zero-order valence-electron chi connectivity index (χ0n) is 15.4. The fraction of sp³-hybridized carbons (Fsp3) is 0.0455. The van der Waals surface area contributed by atoms with E-state index in [9.17, 15) is 8.42 Å². The van der Waals surface area contributed by atoms with Crippen LogP contribution in [0.5, 0.6) is 0 Å². The summed E-state index contributed by atoms with van der Waals surface area (Å²) in [4.78, 5) is 3.56. The zero-order valence-corrected chi connectivity index (χ0v) is 17.0. The smallest absolute Gasteiger partial charge is 0.283 e. The molecule has 0 spiro atoms. The van der Waals surface area contributed by atoms with Gasteiger partial charge in [-0.05, 0) is 36.8 Å². The van der Waals surface area contributed by atoms with Crippen molar-refractivity contribution in [1.29, 1.82) is 0 Å². The van der Waals surface area contributed by atoms with Gasteiger partial charge in [-0.2, -0.15) is 17.6 Å². The van der Waals surface area contributed by atoms with E-state index in [1.807, 2.05) is 37.3 Å². The normalized spacial score (nSPS) is 12.1. The lowest BCUT2D eigenvalue weighted by atomic mass is 10.1. The summed E-state index contributed by atoms with van der Waals surface area (Å²) in [7, 11) is -3.80. The quantitative estimate of drug-likeness (QED) is 0.425. The van der Waals surface area contributed by atoms with Gasteiger partial charge in [-0.1, -0.05) is 54.1 Å². The predicted octanol–water partition coefficient (Wildman–Crippen LogP) is 5.38. The first-order valence-corrected chi connectivity index (χ1v) is 10.8. The molecule has 0 unspecified atom stereocenters. The van der Waals surface area contributed by atoms with Gasteiger partial charge in [0, 0.05) is 21.9 Å². The zero-order chi connectivity index (χ0) is 20.2. The van der Waals surface area contributed by atoms with E-state index in [0.717, 1.165) is 31.8 Å². The van der Waals surface area contributed by atoms with Crippen molar-refractivity contribution < 1.29 is 8.42 Å². The van der Waals surface area contributed by atoms with Gasteiger partial charge < -0.3 is 4.98 Å². The third-order valence-electron chi connectivity index (χ3n) is 5.10. The molecule has 0 fully saturated rings. The van der Waals surface area contributed by atoms with E-state index in [2.05, 4.69) is 10.1 Å². The molecule has 0 saturated heterocycles. The molecule has 1 N–H and O–H groups in total. The topological polar surface area (TPSA) is 67.8 Å². The van der Waals surface area contributed by atoms with Gasteiger partial charge in [-0.25, -0.2) is 0 Å². The second kappa shape index (κ2) is 6.47. The van der Waals surface area contributed by atoms with Gasteiger partial charge in [0.25, 0.3) is 10.0 Å². The lowest BCUT2D eigenvalue weighted by Gasteiger charge is -2.05. The van der Waals surface area contributed by atoms with E-state index >= 15 is 0 Å². The molecule has 0 saturated carbocycles. The summed E-state index contributed by atoms with van der Waals surface area (Å²) in [5.74, 6) is 0. The Labute approximate surface area is 172 Å². The van der Waals surface area contributed by atoms with Crippen molar-refractivity contribution in [2.75, 3.05) is 0 Å². The van der Waals surface area contributed by atoms with E-state index in [1.54, 1.807) is 42.6 Å². The van der Waals surface area contributed by atoms with E-state index in [0.29, 0.717) is 15.9 Å². The number of H-pyrrole nitrogens is 1. The number of nitrogens with zero attached hydrogens (tertiary/aromatic N) is 2. The van der Waals surface area contributed by atoms with Crippen molar-refractivity contribution in [3.63, 3.8) is 0 Å². The van der Waals surface area contributed by atoms with Crippen LogP contribution in [0.3, 0.4) is 0 Å². The minimum absolute atomic E-state index is 0.186. The number of aromatic nitrogens is 3. The third-order valence-corrected chi connectivity index (χ3v) is 7.09. The highest BCUT2D eigenvalue weighted by Gasteiger charge is 2.23. The van der Waals surface area contributed by atoms with Crippen molar-refractivity contribution >= 4 is 43.4 Å². The summed E-state index contributed by atoms with van der Waals surface area (Å²) >= 11 is 6.77. The highest BCUT2D eigenvalue weighted by atomic mass is 35.5. The molecule has 7 heteroatoms. The van der Waals surface area contributed by atoms with E-state index in [1.165, 1.54) is 0 Å². The van der Waals surface area contributed by atoms with Crippen LogP contribution < -0.4 is 0 Å². The van der Waals surface area contributed by atoms with Gasteiger partial charge >= 0.3 is 0 Å². The van der Waals surface area contributed by atoms with Crippen molar-refractivity contribution in [2.24, 2.45) is 0 Å². The SMILES string of the molecule is Cc1ccccc1-c1[nH]c2ccc3c(cnn3S(=O)(=O)c3ccccc3)c2c1Cl. The lowest BCUT2D eigenvalue weighted by Crippen LogP contribution is -2.14. The van der Waals surface area contributed by atoms with Crippen LogP contribution in [-0.2, 0) is 10.0 Å². The van der Waals surface area contributed by atoms with Crippen LogP contribution in [-0.4, -0.2) is 22.6 Å². The fourth-order valence-electron chi connectivity index (χ4n) is 3.66. The molecule has 0 atom stereocenters. The number of benzene rings is 3. The van der Waals surface area contributed by atoms with Gasteiger partial charge in [0.1, 0.15) is 0 Å². The molecule has 0 aliphatic carbocycles. The Balaban J connectivity index is 1.77. The summed E-state index contributed by atoms with van der Waals surface area (Å²) in [6.07, 6.45) is 1.56. The summed E-state index contributed by atoms with van der Waals surface area (Å²) in [6.45, 7) is 2.03. The molecule has 144 valence electrons. The molecular formula is C22H16ClN3O2S. The maximum absolute atomic E-state index is 13.1. The van der Waals surface area contributed by atoms with Gasteiger partial charge in [-0.15, -0.1) is 0 Å². The second-order valence-corrected chi connectivity index (χ2v) is 9.00. The first-order chi connectivity index (χ1) is 14.0. The molecule has 29 heavy (non-hydrogen) atoms. The number of hydrogen-bond donors (Lipinski definition) is 1. The average Bonchev–Trinajstić information content (AvgIpc) is 3.30. The minimum Gasteiger partial charge on any atom is -0.353 e. The Morgan fingerprint density at radius 2 is 1.69 bits per heavy atom. The van der Waals surface area contributed by atoms with Crippen LogP contribution >= 0.6 is 11.6 Å². The number of nitrogens with one attached hydrogen (secondary N) is 1. The predicted molar refractivity (Wildman–Crippen MR) is 116 cm³/mol. The van der Waals surface area contributed by atoms with Crippen molar-refractivity contribution in [1.82, 2.24) is 14.2 Å². The van der Waals surface area contributed by atoms with E-state index < -0.39 is 10.0 Å². The van der Waals surface area contributed by atoms with Crippen LogP contribution in [0.4, 0.5) is 0 Å². The summed E-state index contributed by atoms with van der Waals surface area (Å²) < 4.78 is 27.2. The number of halogens is 1. The number of fused-ring (bicyclic) bond motifs is 3. The van der Waals surface area contributed by atoms with Gasteiger partial charge in [0.05, 0.1) is 27.3 Å². The largest absolute Gasteiger partial charge is 0.353 e. The van der Waals surface area contributed by atoms with Gasteiger partial charge in [-0.3, -0.25) is 0 Å². The molecule has 0 bridgehead atoms. The first-order valence-electron chi connectivity index (χ1n) is 9.03. The molecule has 0 amide bonds. The van der Waals surface area contributed by atoms with Gasteiger partial charge in [0.15, 0.2) is 0 Å². The Bertz CT molecular complexity index is 1490. The average molecular weight is 422 g/mol. The molecule has 3 aromatic carbocycles. The molecule has 0 aliphatic rings. The lowest BCUT2D eigenvalue weighted by molar-refractivity contribution is 0.582. The van der Waals surface area contributed by atoms with Crippen molar-refractivity contribution in [3.05, 3.63) is 83.5 Å². The molecule has 2 aromatic heterocycles. The molecule has 5 aromatic rings. The van der Waals surface area contributed by atoms with Crippen LogP contribution in [0.15, 0.2) is 77.8 Å². The van der Waals surface area contributed by atoms with Crippen LogP contribution in [0.1, 0.15) is 5.56 Å². The van der Waals surface area contributed by atoms with Gasteiger partial charge in [0.2, 0.25) is 0 Å². The fourth-order valence-corrected chi connectivity index (χ4v) is 5.30. The minimum atomic E-state index is -3.80. The molecular weight excluding hydrogens is 406 g/mol. The Morgan fingerprint density at radius 3 is 2.45 bits per heavy atom. The summed E-state index contributed by atoms with van der Waals surface area (Å²) in [5.41, 5.74) is 4.23. The third kappa shape index (κ3) is 2.68. The van der Waals surface area contributed by atoms with Crippen LogP contribution in [0, 0.1) is 6.92 Å².